The molecule has 0 aliphatic heterocycles. The smallest absolute Gasteiger partial charge is 0.113 e. The lowest BCUT2D eigenvalue weighted by Gasteiger charge is -1.81. The minimum Gasteiger partial charge on any atom is -0.113 e. The Morgan fingerprint density at radius 3 is 1.78 bits per heavy atom. The van der Waals surface area contributed by atoms with Gasteiger partial charge in [-0.3, -0.25) is 0 Å². The van der Waals surface area contributed by atoms with E-state index in [-0.39, 0.29) is 0 Å². The highest BCUT2D eigenvalue weighted by Crippen LogP contribution is 2.43. The third kappa shape index (κ3) is 1.55. The molecule has 0 saturated heterocycles. The highest BCUT2D eigenvalue weighted by atomic mass is 79.9. The van der Waals surface area contributed by atoms with Crippen LogP contribution in [0.3, 0.4) is 0 Å². The summed E-state index contributed by atoms with van der Waals surface area (Å²) in [6.45, 7) is 0. The molecule has 0 fully saturated rings. The van der Waals surface area contributed by atoms with Crippen molar-refractivity contribution >= 4 is 62.1 Å². The van der Waals surface area contributed by atoms with Gasteiger partial charge in [0, 0.05) is 0 Å². The Morgan fingerprint density at radius 2 is 1.67 bits per heavy atom. The molecule has 0 amide bonds. The summed E-state index contributed by atoms with van der Waals surface area (Å²) in [5.74, 6) is 0. The summed E-state index contributed by atoms with van der Waals surface area (Å²) in [5.41, 5.74) is 0. The molecule has 0 N–H and O–H groups in total. The molecule has 0 aliphatic carbocycles. The maximum absolute atomic E-state index is 5.65. The van der Waals surface area contributed by atoms with Gasteiger partial charge in [0.2, 0.25) is 0 Å². The molecule has 0 nitrogen and oxygen atoms in total. The summed E-state index contributed by atoms with van der Waals surface area (Å²) in [6.07, 6.45) is 0. The molecule has 0 atom stereocenters. The third-order valence-corrected chi connectivity index (χ3v) is 4.19. The molecule has 0 bridgehead atoms. The third-order valence-electron chi connectivity index (χ3n) is 0.717. The van der Waals surface area contributed by atoms with E-state index in [0.29, 0.717) is 14.4 Å². The number of rotatable bonds is 0. The van der Waals surface area contributed by atoms with Crippen molar-refractivity contribution in [3.63, 3.8) is 0 Å². The van der Waals surface area contributed by atoms with Crippen molar-refractivity contribution in [2.24, 2.45) is 0 Å². The van der Waals surface area contributed by atoms with Crippen LogP contribution in [-0.4, -0.2) is 0 Å². The first kappa shape index (κ1) is 8.15. The van der Waals surface area contributed by atoms with Gasteiger partial charge in [-0.25, -0.2) is 0 Å². The summed E-state index contributed by atoms with van der Waals surface area (Å²) >= 11 is 21.4. The largest absolute Gasteiger partial charge is 0.114 e. The fourth-order valence-corrected chi connectivity index (χ4v) is 2.87. The van der Waals surface area contributed by atoms with Gasteiger partial charge >= 0.3 is 0 Å². The van der Waals surface area contributed by atoms with Gasteiger partial charge in [0.25, 0.3) is 0 Å². The van der Waals surface area contributed by atoms with Crippen LogP contribution >= 0.6 is 62.1 Å². The topological polar surface area (TPSA) is 0 Å². The second-order valence-corrected chi connectivity index (χ2v) is 4.97. The standard InChI is InChI=1S/C4BrCl3S/c5-3-1(6)2(7)4(8)9-3. The van der Waals surface area contributed by atoms with E-state index in [1.807, 2.05) is 0 Å². The first-order valence-electron chi connectivity index (χ1n) is 1.91. The summed E-state index contributed by atoms with van der Waals surface area (Å²) < 4.78 is 1.30. The summed E-state index contributed by atoms with van der Waals surface area (Å²) in [4.78, 5) is 0. The van der Waals surface area contributed by atoms with Crippen molar-refractivity contribution in [2.75, 3.05) is 0 Å². The quantitative estimate of drug-likeness (QED) is 0.650. The van der Waals surface area contributed by atoms with E-state index in [1.165, 1.54) is 11.3 Å². The van der Waals surface area contributed by atoms with Gasteiger partial charge in [-0.1, -0.05) is 34.8 Å². The lowest BCUT2D eigenvalue weighted by Crippen LogP contribution is -1.53. The number of thiophene rings is 1. The second-order valence-electron chi connectivity index (χ2n) is 1.28. The number of hydrogen-bond acceptors (Lipinski definition) is 1. The van der Waals surface area contributed by atoms with E-state index < -0.39 is 0 Å². The number of halogens is 4. The van der Waals surface area contributed by atoms with Crippen LogP contribution < -0.4 is 0 Å². The highest BCUT2D eigenvalue weighted by molar-refractivity contribution is 9.11. The van der Waals surface area contributed by atoms with Crippen LogP contribution in [0.25, 0.3) is 0 Å². The molecule has 0 aromatic carbocycles. The Labute approximate surface area is 79.8 Å². The zero-order valence-electron chi connectivity index (χ0n) is 3.92. The Bertz CT molecular complexity index is 209. The van der Waals surface area contributed by atoms with E-state index in [1.54, 1.807) is 0 Å². The summed E-state index contributed by atoms with van der Waals surface area (Å²) in [5, 5.41) is 0.918. The fraction of sp³-hybridized carbons (Fsp3) is 0. The molecule has 1 aromatic rings. The minimum absolute atomic E-state index is 0.426. The van der Waals surface area contributed by atoms with Crippen LogP contribution in [0, 0.1) is 0 Å². The number of hydrogen-bond donors (Lipinski definition) is 0. The van der Waals surface area contributed by atoms with E-state index in [4.69, 9.17) is 34.8 Å². The van der Waals surface area contributed by atoms with Crippen LogP contribution in [0.2, 0.25) is 14.4 Å². The zero-order valence-corrected chi connectivity index (χ0v) is 8.59. The Balaban J connectivity index is 3.29. The summed E-state index contributed by atoms with van der Waals surface area (Å²) in [6, 6.07) is 0. The van der Waals surface area contributed by atoms with Crippen molar-refractivity contribution in [1.29, 1.82) is 0 Å². The molecule has 0 spiro atoms. The molecule has 5 heteroatoms. The molecule has 0 radical (unpaired) electrons. The van der Waals surface area contributed by atoms with Gasteiger partial charge in [0.1, 0.15) is 4.34 Å². The fourth-order valence-electron chi connectivity index (χ4n) is 0.341. The molecule has 1 rings (SSSR count). The maximum Gasteiger partial charge on any atom is 0.114 e. The first-order chi connectivity index (χ1) is 4.13. The molecule has 9 heavy (non-hydrogen) atoms. The SMILES string of the molecule is Clc1sc(Br)c(Cl)c1Cl. The van der Waals surface area contributed by atoms with Gasteiger partial charge < -0.3 is 0 Å². The molecular weight excluding hydrogens is 266 g/mol. The van der Waals surface area contributed by atoms with Crippen LogP contribution in [0.5, 0.6) is 0 Å². The van der Waals surface area contributed by atoms with Crippen molar-refractivity contribution in [3.8, 4) is 0 Å². The molecular formula is C4BrCl3S. The lowest BCUT2D eigenvalue weighted by molar-refractivity contribution is 1.94. The second kappa shape index (κ2) is 2.97. The monoisotopic (exact) mass is 264 g/mol. The van der Waals surface area contributed by atoms with Crippen LogP contribution in [-0.2, 0) is 0 Å². The Morgan fingerprint density at radius 1 is 1.11 bits per heavy atom. The van der Waals surface area contributed by atoms with Crippen molar-refractivity contribution < 1.29 is 0 Å². The van der Waals surface area contributed by atoms with E-state index >= 15 is 0 Å². The van der Waals surface area contributed by atoms with Gasteiger partial charge in [-0.05, 0) is 15.9 Å². The van der Waals surface area contributed by atoms with Crippen LogP contribution in [0.4, 0.5) is 0 Å². The lowest BCUT2D eigenvalue weighted by atomic mass is 10.7. The molecule has 0 unspecified atom stereocenters. The van der Waals surface area contributed by atoms with E-state index in [0.717, 1.165) is 3.79 Å². The highest BCUT2D eigenvalue weighted by Gasteiger charge is 2.10. The molecule has 1 heterocycles. The maximum atomic E-state index is 5.65. The average Bonchev–Trinajstić information content (AvgIpc) is 1.98. The predicted molar refractivity (Wildman–Crippen MR) is 47.0 cm³/mol. The molecule has 0 aliphatic rings. The molecule has 50 valence electrons. The van der Waals surface area contributed by atoms with Gasteiger partial charge in [0.05, 0.1) is 13.8 Å². The Hall–Kier alpha value is 1.05. The van der Waals surface area contributed by atoms with E-state index in [2.05, 4.69) is 15.9 Å². The van der Waals surface area contributed by atoms with Gasteiger partial charge in [-0.2, -0.15) is 0 Å². The van der Waals surface area contributed by atoms with Gasteiger partial charge in [-0.15, -0.1) is 11.3 Å². The molecule has 1 aromatic heterocycles. The molecule has 0 saturated carbocycles. The van der Waals surface area contributed by atoms with Crippen molar-refractivity contribution in [1.82, 2.24) is 0 Å². The summed E-state index contributed by atoms with van der Waals surface area (Å²) in [7, 11) is 0. The van der Waals surface area contributed by atoms with Crippen LogP contribution in [0.15, 0.2) is 3.79 Å². The van der Waals surface area contributed by atoms with Crippen molar-refractivity contribution in [3.05, 3.63) is 18.2 Å². The predicted octanol–water partition coefficient (Wildman–Crippen LogP) is 4.47. The van der Waals surface area contributed by atoms with Crippen molar-refractivity contribution in [2.45, 2.75) is 0 Å². The Kier molecular flexibility index (Phi) is 2.69. The van der Waals surface area contributed by atoms with Crippen LogP contribution in [0.1, 0.15) is 0 Å². The normalized spacial score (nSPS) is 10.2. The minimum atomic E-state index is 0.426. The van der Waals surface area contributed by atoms with Gasteiger partial charge in [0.15, 0.2) is 0 Å². The first-order valence-corrected chi connectivity index (χ1v) is 4.66. The van der Waals surface area contributed by atoms with E-state index in [9.17, 15) is 0 Å². The zero-order chi connectivity index (χ0) is 7.02. The average molecular weight is 266 g/mol.